The lowest BCUT2D eigenvalue weighted by molar-refractivity contribution is -0.145. The van der Waals surface area contributed by atoms with E-state index in [1.165, 1.54) is 0 Å². The number of anilines is 2. The molecule has 0 radical (unpaired) electrons. The van der Waals surface area contributed by atoms with Crippen molar-refractivity contribution in [2.24, 2.45) is 0 Å². The van der Waals surface area contributed by atoms with Crippen molar-refractivity contribution in [3.8, 4) is 5.75 Å². The van der Waals surface area contributed by atoms with Gasteiger partial charge in [-0.15, -0.1) is 10.2 Å². The predicted molar refractivity (Wildman–Crippen MR) is 111 cm³/mol. The first-order valence-electron chi connectivity index (χ1n) is 9.26. The minimum Gasteiger partial charge on any atom is -0.478 e. The lowest BCUT2D eigenvalue weighted by Crippen LogP contribution is -2.56. The van der Waals surface area contributed by atoms with Gasteiger partial charge in [-0.05, 0) is 50.2 Å². The van der Waals surface area contributed by atoms with Gasteiger partial charge in [-0.2, -0.15) is 0 Å². The van der Waals surface area contributed by atoms with Crippen molar-refractivity contribution >= 4 is 29.1 Å². The summed E-state index contributed by atoms with van der Waals surface area (Å²) in [5, 5.41) is 9.16. The van der Waals surface area contributed by atoms with E-state index in [-0.39, 0.29) is 5.91 Å². The van der Waals surface area contributed by atoms with Gasteiger partial charge in [0.05, 0.1) is 0 Å². The van der Waals surface area contributed by atoms with Gasteiger partial charge < -0.3 is 19.4 Å². The Kier molecular flexibility index (Phi) is 5.93. The Bertz CT molecular complexity index is 800. The van der Waals surface area contributed by atoms with E-state index in [0.717, 1.165) is 11.6 Å². The Morgan fingerprint density at radius 2 is 1.68 bits per heavy atom. The lowest BCUT2D eigenvalue weighted by atomic mass is 10.1. The molecule has 0 N–H and O–H groups in total. The van der Waals surface area contributed by atoms with Crippen LogP contribution in [0.2, 0.25) is 5.02 Å². The van der Waals surface area contributed by atoms with Crippen LogP contribution >= 0.6 is 11.6 Å². The van der Waals surface area contributed by atoms with Gasteiger partial charge >= 0.3 is 0 Å². The second-order valence-corrected chi connectivity index (χ2v) is 7.93. The Morgan fingerprint density at radius 3 is 2.21 bits per heavy atom. The van der Waals surface area contributed by atoms with E-state index in [1.807, 2.05) is 36.0 Å². The van der Waals surface area contributed by atoms with Crippen LogP contribution in [0.15, 0.2) is 36.4 Å². The van der Waals surface area contributed by atoms with Crippen molar-refractivity contribution in [3.05, 3.63) is 41.4 Å². The first kappa shape index (κ1) is 20.2. The zero-order valence-corrected chi connectivity index (χ0v) is 17.5. The van der Waals surface area contributed by atoms with Crippen molar-refractivity contribution in [2.45, 2.75) is 19.4 Å². The first-order chi connectivity index (χ1) is 13.3. The van der Waals surface area contributed by atoms with Crippen molar-refractivity contribution in [1.29, 1.82) is 0 Å². The van der Waals surface area contributed by atoms with Crippen LogP contribution in [0.4, 0.5) is 11.6 Å². The average Bonchev–Trinajstić information content (AvgIpc) is 2.69. The third kappa shape index (κ3) is 4.65. The topological polar surface area (TPSA) is 61.8 Å². The van der Waals surface area contributed by atoms with Crippen LogP contribution < -0.4 is 14.5 Å². The molecule has 0 unspecified atom stereocenters. The number of piperazine rings is 1. The molecule has 0 atom stereocenters. The summed E-state index contributed by atoms with van der Waals surface area (Å²) < 4.78 is 5.93. The normalized spacial score (nSPS) is 14.8. The zero-order valence-electron chi connectivity index (χ0n) is 16.7. The Labute approximate surface area is 170 Å². The minimum atomic E-state index is -0.955. The van der Waals surface area contributed by atoms with E-state index in [1.54, 1.807) is 38.1 Å². The third-order valence-corrected chi connectivity index (χ3v) is 4.94. The first-order valence-corrected chi connectivity index (χ1v) is 9.64. The summed E-state index contributed by atoms with van der Waals surface area (Å²) >= 11 is 5.91. The van der Waals surface area contributed by atoms with Crippen molar-refractivity contribution in [2.75, 3.05) is 50.1 Å². The molecule has 1 aliphatic heterocycles. The van der Waals surface area contributed by atoms with Crippen LogP contribution in [-0.2, 0) is 4.79 Å². The number of ether oxygens (including phenoxy) is 1. The fraction of sp³-hybridized carbons (Fsp3) is 0.450. The molecule has 2 aromatic rings. The number of rotatable bonds is 5. The predicted octanol–water partition coefficient (Wildman–Crippen LogP) is 2.70. The molecule has 0 aliphatic carbocycles. The summed E-state index contributed by atoms with van der Waals surface area (Å²) in [7, 11) is 3.86. The number of amides is 1. The molecule has 1 aliphatic rings. The van der Waals surface area contributed by atoms with Crippen LogP contribution in [-0.4, -0.2) is 66.9 Å². The van der Waals surface area contributed by atoms with Crippen LogP contribution in [0.1, 0.15) is 13.8 Å². The second kappa shape index (κ2) is 8.22. The van der Waals surface area contributed by atoms with Gasteiger partial charge in [-0.25, -0.2) is 0 Å². The monoisotopic (exact) mass is 403 g/mol. The largest absolute Gasteiger partial charge is 0.478 e. The maximum absolute atomic E-state index is 13.0. The summed E-state index contributed by atoms with van der Waals surface area (Å²) in [4.78, 5) is 18.9. The highest BCUT2D eigenvalue weighted by Gasteiger charge is 2.36. The van der Waals surface area contributed by atoms with Crippen LogP contribution in [0.5, 0.6) is 5.75 Å². The van der Waals surface area contributed by atoms with Gasteiger partial charge in [-0.3, -0.25) is 4.79 Å². The standard InChI is InChI=1S/C20H26ClN5O2/c1-20(2,28-16-7-5-15(21)6-8-16)19(27)26-13-11-25(12-14-26)18-10-9-17(22-23-18)24(3)4/h5-10H,11-14H2,1-4H3. The number of hydrogen-bond donors (Lipinski definition) is 0. The Morgan fingerprint density at radius 1 is 1.04 bits per heavy atom. The molecule has 3 rings (SSSR count). The molecule has 1 amide bonds. The number of carbonyl (C=O) groups excluding carboxylic acids is 1. The van der Waals surface area contributed by atoms with Gasteiger partial charge in [-0.1, -0.05) is 11.6 Å². The smallest absolute Gasteiger partial charge is 0.266 e. The number of hydrogen-bond acceptors (Lipinski definition) is 6. The minimum absolute atomic E-state index is 0.0314. The van der Waals surface area contributed by atoms with E-state index >= 15 is 0 Å². The number of nitrogens with zero attached hydrogens (tertiary/aromatic N) is 5. The van der Waals surface area contributed by atoms with Crippen molar-refractivity contribution in [3.63, 3.8) is 0 Å². The molecule has 1 saturated heterocycles. The van der Waals surface area contributed by atoms with Crippen molar-refractivity contribution < 1.29 is 9.53 Å². The zero-order chi connectivity index (χ0) is 20.3. The quantitative estimate of drug-likeness (QED) is 0.765. The summed E-state index contributed by atoms with van der Waals surface area (Å²) in [6, 6.07) is 10.9. The Hall–Kier alpha value is -2.54. The van der Waals surface area contributed by atoms with E-state index < -0.39 is 5.60 Å². The summed E-state index contributed by atoms with van der Waals surface area (Å²) in [6.07, 6.45) is 0. The van der Waals surface area contributed by atoms with Gasteiger partial charge in [0.15, 0.2) is 17.2 Å². The molecule has 28 heavy (non-hydrogen) atoms. The molecule has 8 heteroatoms. The number of aromatic nitrogens is 2. The number of halogens is 1. The molecule has 150 valence electrons. The van der Waals surface area contributed by atoms with Crippen LogP contribution in [0, 0.1) is 0 Å². The molecular weight excluding hydrogens is 378 g/mol. The molecule has 1 aromatic heterocycles. The highest BCUT2D eigenvalue weighted by atomic mass is 35.5. The summed E-state index contributed by atoms with van der Waals surface area (Å²) in [5.74, 6) is 2.24. The van der Waals surface area contributed by atoms with Gasteiger partial charge in [0, 0.05) is 45.3 Å². The Balaban J connectivity index is 1.58. The molecule has 2 heterocycles. The molecule has 1 aromatic carbocycles. The van der Waals surface area contributed by atoms with Crippen molar-refractivity contribution in [1.82, 2.24) is 15.1 Å². The van der Waals surface area contributed by atoms with E-state index in [9.17, 15) is 4.79 Å². The van der Waals surface area contributed by atoms with E-state index in [4.69, 9.17) is 16.3 Å². The summed E-state index contributed by atoms with van der Waals surface area (Å²) in [5.41, 5.74) is -0.955. The maximum atomic E-state index is 13.0. The third-order valence-electron chi connectivity index (χ3n) is 4.69. The van der Waals surface area contributed by atoms with E-state index in [2.05, 4.69) is 15.1 Å². The molecule has 7 nitrogen and oxygen atoms in total. The maximum Gasteiger partial charge on any atom is 0.266 e. The summed E-state index contributed by atoms with van der Waals surface area (Å²) in [6.45, 7) is 6.23. The SMILES string of the molecule is CN(C)c1ccc(N2CCN(C(=O)C(C)(C)Oc3ccc(Cl)cc3)CC2)nn1. The highest BCUT2D eigenvalue weighted by Crippen LogP contribution is 2.23. The molecular formula is C20H26ClN5O2. The average molecular weight is 404 g/mol. The number of benzene rings is 1. The molecule has 1 fully saturated rings. The molecule has 0 saturated carbocycles. The fourth-order valence-corrected chi connectivity index (χ4v) is 3.21. The van der Waals surface area contributed by atoms with Gasteiger partial charge in [0.1, 0.15) is 5.75 Å². The lowest BCUT2D eigenvalue weighted by Gasteiger charge is -2.38. The second-order valence-electron chi connectivity index (χ2n) is 7.49. The number of carbonyl (C=O) groups is 1. The van der Waals surface area contributed by atoms with Gasteiger partial charge in [0.2, 0.25) is 0 Å². The highest BCUT2D eigenvalue weighted by molar-refractivity contribution is 6.30. The van der Waals surface area contributed by atoms with Crippen LogP contribution in [0.25, 0.3) is 0 Å². The van der Waals surface area contributed by atoms with E-state index in [0.29, 0.717) is 37.0 Å². The fourth-order valence-electron chi connectivity index (χ4n) is 3.09. The van der Waals surface area contributed by atoms with Crippen LogP contribution in [0.3, 0.4) is 0 Å². The van der Waals surface area contributed by atoms with Gasteiger partial charge in [0.25, 0.3) is 5.91 Å². The molecule has 0 spiro atoms. The molecule has 0 bridgehead atoms.